The number of halogens is 3. The van der Waals surface area contributed by atoms with E-state index in [1.165, 1.54) is 12.1 Å². The summed E-state index contributed by atoms with van der Waals surface area (Å²) >= 11 is 3.36. The van der Waals surface area contributed by atoms with Crippen molar-refractivity contribution in [1.29, 1.82) is 0 Å². The quantitative estimate of drug-likeness (QED) is 0.643. The Hall–Kier alpha value is -2.02. The molecule has 1 aromatic heterocycles. The first-order valence-electron chi connectivity index (χ1n) is 6.84. The van der Waals surface area contributed by atoms with Crippen molar-refractivity contribution in [3.8, 4) is 5.88 Å². The number of hydrogen-bond donors (Lipinski definition) is 1. The van der Waals surface area contributed by atoms with Crippen LogP contribution in [0.4, 0.5) is 8.78 Å². The first-order valence-corrected chi connectivity index (χ1v) is 7.63. The summed E-state index contributed by atoms with van der Waals surface area (Å²) < 4.78 is 32.9. The normalized spacial score (nSPS) is 13.0. The zero-order chi connectivity index (χ0) is 17.1. The molecule has 1 unspecified atom stereocenters. The first kappa shape index (κ1) is 17.3. The Labute approximate surface area is 141 Å². The van der Waals surface area contributed by atoms with Gasteiger partial charge >= 0.3 is 0 Å². The molecule has 0 aliphatic carbocycles. The Morgan fingerprint density at radius 1 is 1.26 bits per heavy atom. The van der Waals surface area contributed by atoms with Crippen LogP contribution in [0.25, 0.3) is 0 Å². The number of benzene rings is 1. The molecule has 0 fully saturated rings. The van der Waals surface area contributed by atoms with Gasteiger partial charge in [-0.1, -0.05) is 0 Å². The maximum Gasteiger partial charge on any atom is 0.228 e. The highest BCUT2D eigenvalue weighted by Crippen LogP contribution is 2.29. The van der Waals surface area contributed by atoms with Gasteiger partial charge in [-0.2, -0.15) is 0 Å². The molecule has 0 spiro atoms. The highest BCUT2D eigenvalue weighted by molar-refractivity contribution is 9.10. The van der Waals surface area contributed by atoms with E-state index in [1.807, 2.05) is 0 Å². The zero-order valence-corrected chi connectivity index (χ0v) is 14.5. The van der Waals surface area contributed by atoms with Crippen molar-refractivity contribution in [2.45, 2.75) is 20.0 Å². The topological polar surface area (TPSA) is 60.5 Å². The number of hydrogen-bond acceptors (Lipinski definition) is 3. The minimum absolute atomic E-state index is 0.312. The summed E-state index contributed by atoms with van der Waals surface area (Å²) in [6, 6.07) is 5.02. The van der Waals surface area contributed by atoms with Crippen molar-refractivity contribution in [3.63, 3.8) is 0 Å². The summed E-state index contributed by atoms with van der Waals surface area (Å²) in [7, 11) is 1.59. The Morgan fingerprint density at radius 3 is 2.43 bits per heavy atom. The van der Waals surface area contributed by atoms with E-state index in [-0.39, 0.29) is 0 Å². The van der Waals surface area contributed by atoms with Crippen molar-refractivity contribution >= 4 is 21.8 Å². The third kappa shape index (κ3) is 4.04. The van der Waals surface area contributed by atoms with Crippen LogP contribution in [0.5, 0.6) is 5.88 Å². The summed E-state index contributed by atoms with van der Waals surface area (Å²) in [6.07, 6.45) is -0.577. The monoisotopic (exact) mass is 383 g/mol. The van der Waals surface area contributed by atoms with Crippen LogP contribution in [0.1, 0.15) is 29.8 Å². The molecule has 0 aliphatic heterocycles. The molecule has 7 heteroatoms. The summed E-state index contributed by atoms with van der Waals surface area (Å²) in [5.74, 6) is -0.628. The highest BCUT2D eigenvalue weighted by atomic mass is 79.9. The lowest BCUT2D eigenvalue weighted by molar-refractivity contribution is 0.214. The van der Waals surface area contributed by atoms with Crippen LogP contribution < -0.4 is 10.5 Å². The van der Waals surface area contributed by atoms with Crippen LogP contribution in [0.15, 0.2) is 33.7 Å². The molecule has 0 bridgehead atoms. The molecule has 0 radical (unpaired) electrons. The van der Waals surface area contributed by atoms with Crippen LogP contribution in [-0.4, -0.2) is 17.9 Å². The van der Waals surface area contributed by atoms with Crippen LogP contribution in [0.2, 0.25) is 0 Å². The molecule has 0 saturated carbocycles. The van der Waals surface area contributed by atoms with Gasteiger partial charge in [0, 0.05) is 18.7 Å². The van der Waals surface area contributed by atoms with Gasteiger partial charge in [0.1, 0.15) is 23.6 Å². The SMILES string of the molecule is CN=C(N)c1cc(Br)c(OC(C)c2cc(F)cc(F)c2)nc1C. The molecule has 4 nitrogen and oxygen atoms in total. The number of aryl methyl sites for hydroxylation is 1. The number of nitrogens with two attached hydrogens (primary N) is 1. The molecule has 0 saturated heterocycles. The summed E-state index contributed by atoms with van der Waals surface area (Å²) in [5.41, 5.74) is 7.52. The maximum absolute atomic E-state index is 13.3. The van der Waals surface area contributed by atoms with E-state index < -0.39 is 17.7 Å². The molecule has 2 rings (SSSR count). The van der Waals surface area contributed by atoms with Crippen molar-refractivity contribution in [2.24, 2.45) is 10.7 Å². The molecular weight excluding hydrogens is 368 g/mol. The van der Waals surface area contributed by atoms with Crippen molar-refractivity contribution in [1.82, 2.24) is 4.98 Å². The lowest BCUT2D eigenvalue weighted by Crippen LogP contribution is -2.16. The highest BCUT2D eigenvalue weighted by Gasteiger charge is 2.16. The number of pyridine rings is 1. The summed E-state index contributed by atoms with van der Waals surface area (Å²) in [5, 5.41) is 0. The Bertz CT molecular complexity index is 745. The van der Waals surface area contributed by atoms with E-state index in [1.54, 1.807) is 27.0 Å². The Kier molecular flexibility index (Phi) is 5.30. The van der Waals surface area contributed by atoms with E-state index in [0.717, 1.165) is 6.07 Å². The summed E-state index contributed by atoms with van der Waals surface area (Å²) in [4.78, 5) is 8.26. The molecule has 1 aromatic carbocycles. The Balaban J connectivity index is 2.31. The van der Waals surface area contributed by atoms with Crippen LogP contribution in [-0.2, 0) is 0 Å². The van der Waals surface area contributed by atoms with Gasteiger partial charge in [0.05, 0.1) is 10.2 Å². The van der Waals surface area contributed by atoms with Gasteiger partial charge in [-0.15, -0.1) is 0 Å². The maximum atomic E-state index is 13.3. The second-order valence-corrected chi connectivity index (χ2v) is 5.83. The lowest BCUT2D eigenvalue weighted by Gasteiger charge is -2.17. The van der Waals surface area contributed by atoms with Gasteiger partial charge in [-0.3, -0.25) is 4.99 Å². The van der Waals surface area contributed by atoms with Crippen LogP contribution in [0.3, 0.4) is 0 Å². The fraction of sp³-hybridized carbons (Fsp3) is 0.250. The number of nitrogens with zero attached hydrogens (tertiary/aromatic N) is 2. The van der Waals surface area contributed by atoms with Crippen LogP contribution in [0, 0.1) is 18.6 Å². The van der Waals surface area contributed by atoms with E-state index >= 15 is 0 Å². The van der Waals surface area contributed by atoms with Crippen molar-refractivity contribution < 1.29 is 13.5 Å². The van der Waals surface area contributed by atoms with E-state index in [2.05, 4.69) is 25.9 Å². The lowest BCUT2D eigenvalue weighted by atomic mass is 10.1. The minimum atomic E-state index is -0.652. The second kappa shape index (κ2) is 7.04. The van der Waals surface area contributed by atoms with Gasteiger partial charge < -0.3 is 10.5 Å². The van der Waals surface area contributed by atoms with Crippen molar-refractivity contribution in [2.75, 3.05) is 7.05 Å². The Morgan fingerprint density at radius 2 is 1.87 bits per heavy atom. The molecule has 0 aliphatic rings. The molecule has 0 amide bonds. The second-order valence-electron chi connectivity index (χ2n) is 4.98. The smallest absolute Gasteiger partial charge is 0.228 e. The average molecular weight is 384 g/mol. The third-order valence-corrected chi connectivity index (χ3v) is 3.86. The molecule has 2 N–H and O–H groups in total. The van der Waals surface area contributed by atoms with Gasteiger partial charge in [0.25, 0.3) is 0 Å². The fourth-order valence-electron chi connectivity index (χ4n) is 2.07. The molecule has 23 heavy (non-hydrogen) atoms. The fourth-order valence-corrected chi connectivity index (χ4v) is 2.48. The zero-order valence-electron chi connectivity index (χ0n) is 12.9. The first-order chi connectivity index (χ1) is 10.8. The molecule has 1 atom stereocenters. The van der Waals surface area contributed by atoms with Gasteiger partial charge in [0.2, 0.25) is 5.88 Å². The molecular formula is C16H16BrF2N3O. The van der Waals surface area contributed by atoms with E-state index in [4.69, 9.17) is 10.5 Å². The predicted molar refractivity (Wildman–Crippen MR) is 88.7 cm³/mol. The predicted octanol–water partition coefficient (Wildman–Crippen LogP) is 3.91. The number of aromatic nitrogens is 1. The standard InChI is InChI=1S/C16H16BrF2N3O/c1-8-13(15(20)21-3)7-14(17)16(22-8)23-9(2)10-4-11(18)6-12(19)5-10/h4-7,9H,1-3H3,(H2,20,21). The third-order valence-electron chi connectivity index (χ3n) is 3.29. The molecule has 122 valence electrons. The van der Waals surface area contributed by atoms with Crippen LogP contribution >= 0.6 is 15.9 Å². The largest absolute Gasteiger partial charge is 0.469 e. The average Bonchev–Trinajstić information content (AvgIpc) is 2.48. The van der Waals surface area contributed by atoms with Gasteiger partial charge in [0.15, 0.2) is 0 Å². The minimum Gasteiger partial charge on any atom is -0.469 e. The van der Waals surface area contributed by atoms with E-state index in [0.29, 0.717) is 33.0 Å². The van der Waals surface area contributed by atoms with Gasteiger partial charge in [-0.25, -0.2) is 13.8 Å². The summed E-state index contributed by atoms with van der Waals surface area (Å²) in [6.45, 7) is 3.46. The molecule has 1 heterocycles. The number of rotatable bonds is 4. The number of aliphatic imine (C=N–C) groups is 1. The number of amidine groups is 1. The van der Waals surface area contributed by atoms with Crippen molar-refractivity contribution in [3.05, 3.63) is 57.2 Å². The van der Waals surface area contributed by atoms with Gasteiger partial charge in [-0.05, 0) is 53.5 Å². The molecule has 2 aromatic rings. The van der Waals surface area contributed by atoms with E-state index in [9.17, 15) is 8.78 Å². The number of ether oxygens (including phenoxy) is 1.